The van der Waals surface area contributed by atoms with Crippen molar-refractivity contribution in [2.24, 2.45) is 0 Å². The van der Waals surface area contributed by atoms with Crippen molar-refractivity contribution in [3.63, 3.8) is 0 Å². The van der Waals surface area contributed by atoms with Crippen molar-refractivity contribution in [1.82, 2.24) is 0 Å². The second kappa shape index (κ2) is 5.12. The summed E-state index contributed by atoms with van der Waals surface area (Å²) in [6.45, 7) is 0. The molecule has 0 atom stereocenters. The lowest BCUT2D eigenvalue weighted by atomic mass is 9.99. The maximum absolute atomic E-state index is 11.1. The Morgan fingerprint density at radius 2 is 1.53 bits per heavy atom. The van der Waals surface area contributed by atoms with Crippen LogP contribution >= 0.6 is 11.6 Å². The molecule has 19 heavy (non-hydrogen) atoms. The van der Waals surface area contributed by atoms with E-state index in [1.165, 1.54) is 18.2 Å². The molecule has 0 radical (unpaired) electrons. The highest BCUT2D eigenvalue weighted by molar-refractivity contribution is 6.33. The average Bonchev–Trinajstić information content (AvgIpc) is 2.38. The van der Waals surface area contributed by atoms with E-state index in [1.54, 1.807) is 24.3 Å². The van der Waals surface area contributed by atoms with E-state index in [-0.39, 0.29) is 11.1 Å². The van der Waals surface area contributed by atoms with Gasteiger partial charge in [-0.05, 0) is 23.8 Å². The van der Waals surface area contributed by atoms with E-state index in [0.717, 1.165) is 0 Å². The molecule has 0 fully saturated rings. The number of rotatable bonds is 3. The quantitative estimate of drug-likeness (QED) is 0.901. The minimum Gasteiger partial charge on any atom is -0.478 e. The molecule has 2 rings (SSSR count). The number of benzene rings is 2. The number of halogens is 1. The fraction of sp³-hybridized carbons (Fsp3) is 0. The summed E-state index contributed by atoms with van der Waals surface area (Å²) in [5, 5.41) is 18.5. The van der Waals surface area contributed by atoms with E-state index in [9.17, 15) is 9.59 Å². The first kappa shape index (κ1) is 13.1. The van der Waals surface area contributed by atoms with Gasteiger partial charge in [-0.2, -0.15) is 0 Å². The van der Waals surface area contributed by atoms with Crippen LogP contribution in [0.1, 0.15) is 20.7 Å². The van der Waals surface area contributed by atoms with Gasteiger partial charge in [0.25, 0.3) is 0 Å². The average molecular weight is 277 g/mol. The molecule has 0 saturated heterocycles. The van der Waals surface area contributed by atoms with Crippen molar-refractivity contribution in [3.8, 4) is 11.1 Å². The highest BCUT2D eigenvalue weighted by atomic mass is 35.5. The number of carboxylic acids is 2. The molecule has 0 saturated carbocycles. The minimum absolute atomic E-state index is 0.247. The smallest absolute Gasteiger partial charge is 0.336 e. The molecule has 0 spiro atoms. The van der Waals surface area contributed by atoms with Gasteiger partial charge in [-0.25, -0.2) is 9.59 Å². The molecule has 0 unspecified atom stereocenters. The van der Waals surface area contributed by atoms with Crippen molar-refractivity contribution in [2.75, 3.05) is 0 Å². The van der Waals surface area contributed by atoms with E-state index >= 15 is 0 Å². The summed E-state index contributed by atoms with van der Waals surface area (Å²) in [6, 6.07) is 11.1. The van der Waals surface area contributed by atoms with Gasteiger partial charge in [0.15, 0.2) is 0 Å². The summed E-state index contributed by atoms with van der Waals surface area (Å²) < 4.78 is 0. The molecule has 2 N–H and O–H groups in total. The Balaban J connectivity index is 2.62. The van der Waals surface area contributed by atoms with Crippen molar-refractivity contribution >= 4 is 23.5 Å². The van der Waals surface area contributed by atoms with Gasteiger partial charge in [-0.15, -0.1) is 0 Å². The molecule has 96 valence electrons. The van der Waals surface area contributed by atoms with Crippen LogP contribution in [0.4, 0.5) is 0 Å². The van der Waals surface area contributed by atoms with Crippen LogP contribution in [-0.2, 0) is 0 Å². The van der Waals surface area contributed by atoms with Crippen LogP contribution in [0, 0.1) is 0 Å². The summed E-state index contributed by atoms with van der Waals surface area (Å²) in [6.07, 6.45) is 0. The number of hydrogen-bond acceptors (Lipinski definition) is 2. The molecular weight excluding hydrogens is 268 g/mol. The molecule has 0 aromatic heterocycles. The topological polar surface area (TPSA) is 74.6 Å². The highest BCUT2D eigenvalue weighted by Crippen LogP contribution is 2.29. The predicted molar refractivity (Wildman–Crippen MR) is 70.8 cm³/mol. The zero-order valence-corrected chi connectivity index (χ0v) is 10.4. The normalized spacial score (nSPS) is 10.2. The second-order valence-electron chi connectivity index (χ2n) is 3.85. The summed E-state index contributed by atoms with van der Waals surface area (Å²) >= 11 is 6.03. The molecule has 2 aromatic carbocycles. The lowest BCUT2D eigenvalue weighted by molar-refractivity contribution is 0.0651. The minimum atomic E-state index is -1.29. The molecule has 0 amide bonds. The molecule has 0 heterocycles. The molecule has 5 heteroatoms. The largest absolute Gasteiger partial charge is 0.478 e. The third kappa shape index (κ3) is 2.58. The van der Waals surface area contributed by atoms with Gasteiger partial charge >= 0.3 is 11.9 Å². The zero-order valence-electron chi connectivity index (χ0n) is 9.63. The van der Waals surface area contributed by atoms with Gasteiger partial charge in [-0.3, -0.25) is 0 Å². The van der Waals surface area contributed by atoms with Crippen molar-refractivity contribution < 1.29 is 19.8 Å². The lowest BCUT2D eigenvalue weighted by Gasteiger charge is -2.07. The fourth-order valence-corrected chi connectivity index (χ4v) is 2.02. The molecule has 0 aliphatic carbocycles. The Morgan fingerprint density at radius 1 is 0.895 bits per heavy atom. The number of hydrogen-bond donors (Lipinski definition) is 2. The Labute approximate surface area is 113 Å². The Hall–Kier alpha value is -2.33. The van der Waals surface area contributed by atoms with Gasteiger partial charge in [0.05, 0.1) is 11.1 Å². The SMILES string of the molecule is O=C(O)c1ccc(-c2ccccc2Cl)cc1C(=O)O. The first-order valence-electron chi connectivity index (χ1n) is 5.36. The third-order valence-corrected chi connectivity index (χ3v) is 2.99. The van der Waals surface area contributed by atoms with Crippen LogP contribution in [0.2, 0.25) is 5.02 Å². The van der Waals surface area contributed by atoms with E-state index in [4.69, 9.17) is 21.8 Å². The van der Waals surface area contributed by atoms with Crippen LogP contribution in [0.15, 0.2) is 42.5 Å². The Morgan fingerprint density at radius 3 is 2.11 bits per heavy atom. The monoisotopic (exact) mass is 276 g/mol. The molecule has 0 aliphatic rings. The predicted octanol–water partition coefficient (Wildman–Crippen LogP) is 3.40. The van der Waals surface area contributed by atoms with Crippen molar-refractivity contribution in [3.05, 3.63) is 58.6 Å². The summed E-state index contributed by atoms with van der Waals surface area (Å²) in [5.74, 6) is -2.56. The van der Waals surface area contributed by atoms with Crippen molar-refractivity contribution in [2.45, 2.75) is 0 Å². The van der Waals surface area contributed by atoms with Gasteiger partial charge in [0.2, 0.25) is 0 Å². The van der Waals surface area contributed by atoms with Gasteiger partial charge in [0, 0.05) is 10.6 Å². The van der Waals surface area contributed by atoms with Gasteiger partial charge in [0.1, 0.15) is 0 Å². The maximum Gasteiger partial charge on any atom is 0.336 e. The molecule has 2 aromatic rings. The molecule has 0 aliphatic heterocycles. The van der Waals surface area contributed by atoms with Crippen LogP contribution in [0.5, 0.6) is 0 Å². The van der Waals surface area contributed by atoms with Crippen LogP contribution in [0.25, 0.3) is 11.1 Å². The lowest BCUT2D eigenvalue weighted by Crippen LogP contribution is -2.08. The highest BCUT2D eigenvalue weighted by Gasteiger charge is 2.17. The third-order valence-electron chi connectivity index (χ3n) is 2.67. The van der Waals surface area contributed by atoms with Crippen LogP contribution in [-0.4, -0.2) is 22.2 Å². The fourth-order valence-electron chi connectivity index (χ4n) is 1.77. The van der Waals surface area contributed by atoms with E-state index < -0.39 is 11.9 Å². The summed E-state index contributed by atoms with van der Waals surface area (Å²) in [4.78, 5) is 22.0. The Kier molecular flexibility index (Phi) is 3.53. The summed E-state index contributed by atoms with van der Waals surface area (Å²) in [5.41, 5.74) is 0.713. The maximum atomic E-state index is 11.1. The second-order valence-corrected chi connectivity index (χ2v) is 4.26. The molecule has 0 bridgehead atoms. The number of carbonyl (C=O) groups is 2. The van der Waals surface area contributed by atoms with Crippen LogP contribution < -0.4 is 0 Å². The molecular formula is C14H9ClO4. The number of aromatic carboxylic acids is 2. The van der Waals surface area contributed by atoms with Crippen molar-refractivity contribution in [1.29, 1.82) is 0 Å². The van der Waals surface area contributed by atoms with Gasteiger partial charge in [-0.1, -0.05) is 35.9 Å². The summed E-state index contributed by atoms with van der Waals surface area (Å²) in [7, 11) is 0. The standard InChI is InChI=1S/C14H9ClO4/c15-12-4-2-1-3-9(12)8-5-6-10(13(16)17)11(7-8)14(18)19/h1-7H,(H,16,17)(H,18,19). The first-order chi connectivity index (χ1) is 9.00. The number of carboxylic acid groups (broad SMARTS) is 2. The van der Waals surface area contributed by atoms with Gasteiger partial charge < -0.3 is 10.2 Å². The zero-order chi connectivity index (χ0) is 14.0. The molecule has 4 nitrogen and oxygen atoms in total. The van der Waals surface area contributed by atoms with E-state index in [2.05, 4.69) is 0 Å². The Bertz CT molecular complexity index is 664. The van der Waals surface area contributed by atoms with E-state index in [0.29, 0.717) is 16.1 Å². The first-order valence-corrected chi connectivity index (χ1v) is 5.74. The van der Waals surface area contributed by atoms with E-state index in [1.807, 2.05) is 0 Å². The van der Waals surface area contributed by atoms with Crippen LogP contribution in [0.3, 0.4) is 0 Å².